The standard InChI is InChI=1S/C22H25N7O4/c23-10-16-24-19(27-26-16)12-6-8-28(9-7-12)11-13-2-1-3-14-18(13)22(33)29(21(14)32)15-4-5-17(30)25-20(15)31/h1-3,12,15H,4-11,23H2,(H,24,26,27)(H,25,30,31). The Kier molecular flexibility index (Phi) is 5.51. The predicted octanol–water partition coefficient (Wildman–Crippen LogP) is 0.0442. The average Bonchev–Trinajstić information content (AvgIpc) is 3.39. The average molecular weight is 451 g/mol. The van der Waals surface area contributed by atoms with Gasteiger partial charge in [-0.05, 0) is 44.0 Å². The second-order valence-corrected chi connectivity index (χ2v) is 8.68. The van der Waals surface area contributed by atoms with Gasteiger partial charge in [-0.25, -0.2) is 4.98 Å². The first-order chi connectivity index (χ1) is 16.0. The maximum atomic E-state index is 13.3. The molecule has 11 nitrogen and oxygen atoms in total. The van der Waals surface area contributed by atoms with E-state index in [2.05, 4.69) is 25.4 Å². The highest BCUT2D eigenvalue weighted by Crippen LogP contribution is 2.32. The van der Waals surface area contributed by atoms with E-state index in [1.54, 1.807) is 12.1 Å². The van der Waals surface area contributed by atoms with Crippen LogP contribution < -0.4 is 11.1 Å². The normalized spacial score (nSPS) is 22.1. The molecule has 4 heterocycles. The quantitative estimate of drug-likeness (QED) is 0.539. The van der Waals surface area contributed by atoms with Crippen LogP contribution in [0.25, 0.3) is 0 Å². The zero-order valence-corrected chi connectivity index (χ0v) is 18.0. The highest BCUT2D eigenvalue weighted by Gasteiger charge is 2.45. The summed E-state index contributed by atoms with van der Waals surface area (Å²) in [7, 11) is 0. The molecule has 4 N–H and O–H groups in total. The van der Waals surface area contributed by atoms with Crippen molar-refractivity contribution in [1.82, 2.24) is 30.3 Å². The largest absolute Gasteiger partial charge is 0.324 e. The fourth-order valence-corrected chi connectivity index (χ4v) is 4.89. The number of imide groups is 2. The molecule has 0 bridgehead atoms. The van der Waals surface area contributed by atoms with E-state index in [1.807, 2.05) is 6.07 Å². The number of hydrogen-bond donors (Lipinski definition) is 3. The summed E-state index contributed by atoms with van der Waals surface area (Å²) in [6, 6.07) is 4.28. The minimum absolute atomic E-state index is 0.100. The Hall–Kier alpha value is -3.44. The summed E-state index contributed by atoms with van der Waals surface area (Å²) < 4.78 is 0. The molecule has 2 aromatic rings. The molecule has 11 heteroatoms. The van der Waals surface area contributed by atoms with Crippen molar-refractivity contribution in [1.29, 1.82) is 0 Å². The van der Waals surface area contributed by atoms with Gasteiger partial charge in [-0.1, -0.05) is 12.1 Å². The molecule has 4 amide bonds. The molecule has 0 aliphatic carbocycles. The van der Waals surface area contributed by atoms with Crippen LogP contribution in [0.3, 0.4) is 0 Å². The van der Waals surface area contributed by atoms with Crippen LogP contribution >= 0.6 is 0 Å². The van der Waals surface area contributed by atoms with Gasteiger partial charge >= 0.3 is 0 Å². The number of benzene rings is 1. The van der Waals surface area contributed by atoms with Gasteiger partial charge in [0, 0.05) is 18.9 Å². The van der Waals surface area contributed by atoms with Crippen molar-refractivity contribution < 1.29 is 19.2 Å². The highest BCUT2D eigenvalue weighted by molar-refractivity contribution is 6.24. The van der Waals surface area contributed by atoms with Gasteiger partial charge < -0.3 is 5.73 Å². The molecule has 2 saturated heterocycles. The number of carbonyl (C=O) groups excluding carboxylic acids is 4. The number of nitrogens with two attached hydrogens (primary N) is 1. The summed E-state index contributed by atoms with van der Waals surface area (Å²) in [6.07, 6.45) is 2.01. The third kappa shape index (κ3) is 3.83. The Morgan fingerprint density at radius 1 is 1.06 bits per heavy atom. The van der Waals surface area contributed by atoms with Crippen LogP contribution in [0.15, 0.2) is 18.2 Å². The monoisotopic (exact) mass is 451 g/mol. The number of hydrogen-bond acceptors (Lipinski definition) is 8. The molecule has 1 aromatic heterocycles. The molecule has 1 atom stereocenters. The second kappa shape index (κ2) is 8.49. The molecule has 1 unspecified atom stereocenters. The van der Waals surface area contributed by atoms with Crippen LogP contribution in [0.4, 0.5) is 0 Å². The molecule has 0 radical (unpaired) electrons. The maximum absolute atomic E-state index is 13.3. The number of piperidine rings is 2. The fourth-order valence-electron chi connectivity index (χ4n) is 4.89. The first-order valence-corrected chi connectivity index (χ1v) is 11.1. The van der Waals surface area contributed by atoms with Crippen LogP contribution in [0.5, 0.6) is 0 Å². The number of nitrogens with one attached hydrogen (secondary N) is 2. The van der Waals surface area contributed by atoms with Crippen LogP contribution in [0.1, 0.15) is 69.5 Å². The first-order valence-electron chi connectivity index (χ1n) is 11.1. The zero-order valence-electron chi connectivity index (χ0n) is 18.0. The molecule has 0 saturated carbocycles. The number of nitrogens with zero attached hydrogens (tertiary/aromatic N) is 4. The van der Waals surface area contributed by atoms with Crippen molar-refractivity contribution in [3.05, 3.63) is 46.5 Å². The van der Waals surface area contributed by atoms with E-state index < -0.39 is 23.8 Å². The number of aromatic amines is 1. The van der Waals surface area contributed by atoms with E-state index in [9.17, 15) is 19.2 Å². The van der Waals surface area contributed by atoms with Gasteiger partial charge in [0.05, 0.1) is 17.7 Å². The Bertz CT molecular complexity index is 1140. The number of likely N-dealkylation sites (tertiary alicyclic amines) is 1. The smallest absolute Gasteiger partial charge is 0.262 e. The number of rotatable bonds is 5. The van der Waals surface area contributed by atoms with Gasteiger partial charge in [0.1, 0.15) is 11.9 Å². The molecule has 5 rings (SSSR count). The summed E-state index contributed by atoms with van der Waals surface area (Å²) in [6.45, 7) is 2.47. The van der Waals surface area contributed by atoms with Crippen LogP contribution in [-0.2, 0) is 22.7 Å². The zero-order chi connectivity index (χ0) is 23.1. The van der Waals surface area contributed by atoms with Crippen molar-refractivity contribution in [2.45, 2.75) is 50.7 Å². The summed E-state index contributed by atoms with van der Waals surface area (Å²) >= 11 is 0. The lowest BCUT2D eigenvalue weighted by Gasteiger charge is -2.31. The summed E-state index contributed by atoms with van der Waals surface area (Å²) in [5, 5.41) is 9.36. The van der Waals surface area contributed by atoms with Gasteiger partial charge in [0.25, 0.3) is 11.8 Å². The molecule has 0 spiro atoms. The van der Waals surface area contributed by atoms with Crippen LogP contribution in [0.2, 0.25) is 0 Å². The molecule has 3 aliphatic heterocycles. The van der Waals surface area contributed by atoms with Crippen molar-refractivity contribution in [3.63, 3.8) is 0 Å². The molecular weight excluding hydrogens is 426 g/mol. The van der Waals surface area contributed by atoms with Gasteiger partial charge in [-0.3, -0.25) is 39.4 Å². The molecule has 33 heavy (non-hydrogen) atoms. The summed E-state index contributed by atoms with van der Waals surface area (Å²) in [4.78, 5) is 57.7. The third-order valence-electron chi connectivity index (χ3n) is 6.64. The van der Waals surface area contributed by atoms with E-state index in [4.69, 9.17) is 5.73 Å². The lowest BCUT2D eigenvalue weighted by atomic mass is 9.95. The van der Waals surface area contributed by atoms with Gasteiger partial charge in [0.2, 0.25) is 11.8 Å². The molecule has 2 fully saturated rings. The van der Waals surface area contributed by atoms with Gasteiger partial charge in [0.15, 0.2) is 5.82 Å². The minimum atomic E-state index is -0.960. The molecule has 1 aromatic carbocycles. The Morgan fingerprint density at radius 2 is 1.85 bits per heavy atom. The molecule has 172 valence electrons. The molecule has 3 aliphatic rings. The fraction of sp³-hybridized carbons (Fsp3) is 0.455. The Balaban J connectivity index is 1.30. The minimum Gasteiger partial charge on any atom is -0.324 e. The Morgan fingerprint density at radius 3 is 2.55 bits per heavy atom. The van der Waals surface area contributed by atoms with Crippen molar-refractivity contribution in [3.8, 4) is 0 Å². The lowest BCUT2D eigenvalue weighted by Crippen LogP contribution is -2.54. The molecular formula is C22H25N7O4. The SMILES string of the molecule is NCc1nc(C2CCN(Cc3cccc4c3C(=O)N(C3CCC(=O)NC3=O)C4=O)CC2)n[nH]1. The van der Waals surface area contributed by atoms with Crippen LogP contribution in [-0.4, -0.2) is 67.7 Å². The van der Waals surface area contributed by atoms with Gasteiger partial charge in [-0.15, -0.1) is 0 Å². The maximum Gasteiger partial charge on any atom is 0.262 e. The number of fused-ring (bicyclic) bond motifs is 1. The number of carbonyl (C=O) groups is 4. The van der Waals surface area contributed by atoms with Crippen molar-refractivity contribution in [2.75, 3.05) is 13.1 Å². The van der Waals surface area contributed by atoms with Crippen molar-refractivity contribution in [2.24, 2.45) is 5.73 Å². The third-order valence-corrected chi connectivity index (χ3v) is 6.64. The van der Waals surface area contributed by atoms with E-state index >= 15 is 0 Å². The van der Waals surface area contributed by atoms with Gasteiger partial charge in [-0.2, -0.15) is 5.10 Å². The topological polar surface area (TPSA) is 154 Å². The predicted molar refractivity (Wildman–Crippen MR) is 115 cm³/mol. The van der Waals surface area contributed by atoms with E-state index in [-0.39, 0.29) is 24.7 Å². The number of amides is 4. The van der Waals surface area contributed by atoms with Crippen molar-refractivity contribution >= 4 is 23.6 Å². The van der Waals surface area contributed by atoms with Crippen LogP contribution in [0, 0.1) is 0 Å². The Labute approximate surface area is 189 Å². The van der Waals surface area contributed by atoms with E-state index in [0.29, 0.717) is 30.0 Å². The summed E-state index contributed by atoms with van der Waals surface area (Å²) in [5.41, 5.74) is 7.04. The second-order valence-electron chi connectivity index (χ2n) is 8.68. The number of H-pyrrole nitrogens is 1. The summed E-state index contributed by atoms with van der Waals surface area (Å²) in [5.74, 6) is -0.219. The number of aromatic nitrogens is 3. The van der Waals surface area contributed by atoms with E-state index in [0.717, 1.165) is 42.2 Å². The highest BCUT2D eigenvalue weighted by atomic mass is 16.2. The first kappa shape index (κ1) is 21.4. The lowest BCUT2D eigenvalue weighted by molar-refractivity contribution is -0.136. The van der Waals surface area contributed by atoms with E-state index in [1.165, 1.54) is 0 Å².